The summed E-state index contributed by atoms with van der Waals surface area (Å²) in [6.45, 7) is 4.92. The third kappa shape index (κ3) is 5.21. The number of hydrogen-bond donors (Lipinski definition) is 2. The second-order valence-corrected chi connectivity index (χ2v) is 7.76. The quantitative estimate of drug-likeness (QED) is 0.475. The molecule has 23 heavy (non-hydrogen) atoms. The highest BCUT2D eigenvalue weighted by Crippen LogP contribution is 2.29. The maximum absolute atomic E-state index is 11.1. The smallest absolute Gasteiger partial charge is 0.208 e. The zero-order valence-electron chi connectivity index (χ0n) is 14.0. The maximum atomic E-state index is 11.1. The Labute approximate surface area is 139 Å². The number of aliphatic imine (C=N–C) groups is 1. The molecule has 1 heterocycles. The SMILES string of the molecule is CN=C(NCCNS(C)(=O)=O)N1CCC(c2ccccc2C)C1. The van der Waals surface area contributed by atoms with E-state index >= 15 is 0 Å². The van der Waals surface area contributed by atoms with E-state index in [0.29, 0.717) is 19.0 Å². The van der Waals surface area contributed by atoms with Crippen LogP contribution >= 0.6 is 0 Å². The van der Waals surface area contributed by atoms with Gasteiger partial charge in [-0.05, 0) is 24.5 Å². The lowest BCUT2D eigenvalue weighted by atomic mass is 9.94. The molecule has 1 aromatic carbocycles. The molecule has 1 atom stereocenters. The number of benzene rings is 1. The van der Waals surface area contributed by atoms with E-state index in [0.717, 1.165) is 31.7 Å². The largest absolute Gasteiger partial charge is 0.355 e. The van der Waals surface area contributed by atoms with Gasteiger partial charge in [0.05, 0.1) is 6.26 Å². The van der Waals surface area contributed by atoms with E-state index < -0.39 is 10.0 Å². The van der Waals surface area contributed by atoms with E-state index in [9.17, 15) is 8.42 Å². The van der Waals surface area contributed by atoms with Crippen molar-refractivity contribution in [1.82, 2.24) is 14.9 Å². The number of nitrogens with zero attached hydrogens (tertiary/aromatic N) is 2. The summed E-state index contributed by atoms with van der Waals surface area (Å²) in [6, 6.07) is 8.52. The van der Waals surface area contributed by atoms with Gasteiger partial charge in [0.15, 0.2) is 5.96 Å². The predicted octanol–water partition coefficient (Wildman–Crippen LogP) is 0.909. The predicted molar refractivity (Wildman–Crippen MR) is 94.3 cm³/mol. The number of aryl methyl sites for hydroxylation is 1. The number of likely N-dealkylation sites (tertiary alicyclic amines) is 1. The molecule has 0 spiro atoms. The van der Waals surface area contributed by atoms with Crippen molar-refractivity contribution in [1.29, 1.82) is 0 Å². The van der Waals surface area contributed by atoms with Crippen LogP contribution in [-0.4, -0.2) is 58.8 Å². The van der Waals surface area contributed by atoms with Gasteiger partial charge in [0, 0.05) is 39.1 Å². The molecular weight excluding hydrogens is 312 g/mol. The zero-order valence-corrected chi connectivity index (χ0v) is 14.9. The molecule has 128 valence electrons. The van der Waals surface area contributed by atoms with Crippen LogP contribution in [0.4, 0.5) is 0 Å². The van der Waals surface area contributed by atoms with Crippen molar-refractivity contribution in [2.75, 3.05) is 39.5 Å². The van der Waals surface area contributed by atoms with Gasteiger partial charge < -0.3 is 10.2 Å². The summed E-state index contributed by atoms with van der Waals surface area (Å²) in [4.78, 5) is 6.54. The third-order valence-electron chi connectivity index (χ3n) is 4.10. The van der Waals surface area contributed by atoms with Crippen molar-refractivity contribution in [3.8, 4) is 0 Å². The topological polar surface area (TPSA) is 73.8 Å². The first-order valence-corrected chi connectivity index (χ1v) is 9.75. The van der Waals surface area contributed by atoms with Crippen LogP contribution in [0.25, 0.3) is 0 Å². The fourth-order valence-electron chi connectivity index (χ4n) is 2.99. The van der Waals surface area contributed by atoms with Crippen molar-refractivity contribution in [3.05, 3.63) is 35.4 Å². The minimum absolute atomic E-state index is 0.354. The van der Waals surface area contributed by atoms with Crippen LogP contribution in [-0.2, 0) is 10.0 Å². The standard InChI is InChI=1S/C16H26N4O2S/c1-13-6-4-5-7-15(13)14-8-11-20(12-14)16(17-2)18-9-10-19-23(3,21)22/h4-7,14,19H,8-12H2,1-3H3,(H,17,18). The highest BCUT2D eigenvalue weighted by atomic mass is 32.2. The molecule has 1 unspecified atom stereocenters. The van der Waals surface area contributed by atoms with E-state index in [4.69, 9.17) is 0 Å². The highest BCUT2D eigenvalue weighted by Gasteiger charge is 2.26. The van der Waals surface area contributed by atoms with Crippen molar-refractivity contribution >= 4 is 16.0 Å². The third-order valence-corrected chi connectivity index (χ3v) is 4.83. The first-order chi connectivity index (χ1) is 10.9. The van der Waals surface area contributed by atoms with Crippen molar-refractivity contribution in [3.63, 3.8) is 0 Å². The van der Waals surface area contributed by atoms with E-state index in [1.807, 2.05) is 0 Å². The molecule has 1 aromatic rings. The molecule has 1 saturated heterocycles. The summed E-state index contributed by atoms with van der Waals surface area (Å²) >= 11 is 0. The van der Waals surface area contributed by atoms with E-state index in [-0.39, 0.29) is 0 Å². The Morgan fingerprint density at radius 1 is 1.35 bits per heavy atom. The fourth-order valence-corrected chi connectivity index (χ4v) is 3.47. The lowest BCUT2D eigenvalue weighted by molar-refractivity contribution is 0.486. The second kappa shape index (κ2) is 7.79. The Bertz CT molecular complexity index is 658. The Morgan fingerprint density at radius 3 is 2.74 bits per heavy atom. The van der Waals surface area contributed by atoms with Crippen LogP contribution in [0, 0.1) is 6.92 Å². The Balaban J connectivity index is 1.88. The number of hydrogen-bond acceptors (Lipinski definition) is 3. The van der Waals surface area contributed by atoms with Gasteiger partial charge in [-0.1, -0.05) is 24.3 Å². The molecule has 2 N–H and O–H groups in total. The van der Waals surface area contributed by atoms with Gasteiger partial charge in [-0.15, -0.1) is 0 Å². The molecule has 0 amide bonds. The Kier molecular flexibility index (Phi) is 6.01. The molecule has 1 aliphatic rings. The molecule has 0 bridgehead atoms. The summed E-state index contributed by atoms with van der Waals surface area (Å²) in [6.07, 6.45) is 2.27. The molecule has 0 aliphatic carbocycles. The molecule has 1 fully saturated rings. The average molecular weight is 338 g/mol. The average Bonchev–Trinajstić information content (AvgIpc) is 2.96. The molecular formula is C16H26N4O2S. The summed E-state index contributed by atoms with van der Waals surface area (Å²) in [5, 5.41) is 3.22. The zero-order chi connectivity index (χ0) is 16.9. The van der Waals surface area contributed by atoms with Crippen LogP contribution in [0.3, 0.4) is 0 Å². The second-order valence-electron chi connectivity index (χ2n) is 5.93. The van der Waals surface area contributed by atoms with E-state index in [2.05, 4.69) is 51.1 Å². The lowest BCUT2D eigenvalue weighted by Gasteiger charge is -2.22. The minimum Gasteiger partial charge on any atom is -0.355 e. The molecule has 7 heteroatoms. The van der Waals surface area contributed by atoms with Crippen molar-refractivity contribution in [2.24, 2.45) is 4.99 Å². The molecule has 6 nitrogen and oxygen atoms in total. The van der Waals surface area contributed by atoms with Crippen LogP contribution in [0.15, 0.2) is 29.3 Å². The van der Waals surface area contributed by atoms with Gasteiger partial charge >= 0.3 is 0 Å². The molecule has 0 radical (unpaired) electrons. The van der Waals surface area contributed by atoms with Crippen LogP contribution in [0.2, 0.25) is 0 Å². The number of sulfonamides is 1. The van der Waals surface area contributed by atoms with E-state index in [1.165, 1.54) is 11.1 Å². The van der Waals surface area contributed by atoms with Gasteiger partial charge in [0.2, 0.25) is 10.0 Å². The number of nitrogens with one attached hydrogen (secondary N) is 2. The van der Waals surface area contributed by atoms with Gasteiger partial charge in [-0.3, -0.25) is 4.99 Å². The summed E-state index contributed by atoms with van der Waals surface area (Å²) in [5.74, 6) is 1.35. The lowest BCUT2D eigenvalue weighted by Crippen LogP contribution is -2.43. The summed E-state index contributed by atoms with van der Waals surface area (Å²) in [7, 11) is -1.38. The summed E-state index contributed by atoms with van der Waals surface area (Å²) < 4.78 is 24.6. The molecule has 1 aliphatic heterocycles. The molecule has 0 saturated carbocycles. The van der Waals surface area contributed by atoms with Crippen LogP contribution < -0.4 is 10.0 Å². The van der Waals surface area contributed by atoms with Crippen molar-refractivity contribution in [2.45, 2.75) is 19.3 Å². The van der Waals surface area contributed by atoms with Gasteiger partial charge in [0.25, 0.3) is 0 Å². The summed E-state index contributed by atoms with van der Waals surface area (Å²) in [5.41, 5.74) is 2.74. The Hall–Kier alpha value is -1.60. The fraction of sp³-hybridized carbons (Fsp3) is 0.562. The van der Waals surface area contributed by atoms with Crippen molar-refractivity contribution < 1.29 is 8.42 Å². The molecule has 0 aromatic heterocycles. The van der Waals surface area contributed by atoms with Crippen LogP contribution in [0.5, 0.6) is 0 Å². The van der Waals surface area contributed by atoms with E-state index in [1.54, 1.807) is 7.05 Å². The monoisotopic (exact) mass is 338 g/mol. The van der Waals surface area contributed by atoms with Gasteiger partial charge in [-0.2, -0.15) is 0 Å². The molecule has 2 rings (SSSR count). The first-order valence-electron chi connectivity index (χ1n) is 7.86. The Morgan fingerprint density at radius 2 is 2.09 bits per heavy atom. The first kappa shape index (κ1) is 17.7. The number of rotatable bonds is 5. The van der Waals surface area contributed by atoms with Gasteiger partial charge in [0.1, 0.15) is 0 Å². The normalized spacial score (nSPS) is 19.2. The number of guanidine groups is 1. The van der Waals surface area contributed by atoms with Crippen LogP contribution in [0.1, 0.15) is 23.5 Å². The maximum Gasteiger partial charge on any atom is 0.208 e. The minimum atomic E-state index is -3.14. The van der Waals surface area contributed by atoms with Gasteiger partial charge in [-0.25, -0.2) is 13.1 Å². The highest BCUT2D eigenvalue weighted by molar-refractivity contribution is 7.88.